The molecule has 1 heterocycles. The molecule has 84 valence electrons. The topological polar surface area (TPSA) is 62.7 Å². The third-order valence-corrected chi connectivity index (χ3v) is 3.04. The molecule has 0 spiro atoms. The van der Waals surface area contributed by atoms with Crippen LogP contribution in [0.25, 0.3) is 0 Å². The maximum Gasteiger partial charge on any atom is 0.252 e. The van der Waals surface area contributed by atoms with Crippen LogP contribution in [0, 0.1) is 5.92 Å². The summed E-state index contributed by atoms with van der Waals surface area (Å²) in [5, 5.41) is 5.94. The summed E-state index contributed by atoms with van der Waals surface area (Å²) in [6.45, 7) is 3.08. The summed E-state index contributed by atoms with van der Waals surface area (Å²) in [4.78, 5) is 16.0. The van der Waals surface area contributed by atoms with Crippen LogP contribution in [0.2, 0.25) is 0 Å². The van der Waals surface area contributed by atoms with Crippen LogP contribution >= 0.6 is 0 Å². The zero-order valence-corrected chi connectivity index (χ0v) is 9.17. The Morgan fingerprint density at radius 3 is 2.93 bits per heavy atom. The SMILES string of the molecule is COCCN=C1NC(=O)C(C)(C2CC2)N1. The van der Waals surface area contributed by atoms with E-state index in [-0.39, 0.29) is 5.91 Å². The highest BCUT2D eigenvalue weighted by atomic mass is 16.5. The Bertz CT molecular complexity index is 299. The molecule has 15 heavy (non-hydrogen) atoms. The largest absolute Gasteiger partial charge is 0.383 e. The van der Waals surface area contributed by atoms with Gasteiger partial charge in [-0.3, -0.25) is 15.1 Å². The molecule has 1 saturated carbocycles. The van der Waals surface area contributed by atoms with Gasteiger partial charge in [0.1, 0.15) is 5.54 Å². The van der Waals surface area contributed by atoms with Gasteiger partial charge in [0.15, 0.2) is 5.96 Å². The molecule has 1 amide bonds. The van der Waals surface area contributed by atoms with Crippen molar-refractivity contribution in [2.45, 2.75) is 25.3 Å². The number of guanidine groups is 1. The Balaban J connectivity index is 1.97. The lowest BCUT2D eigenvalue weighted by Gasteiger charge is -2.19. The maximum absolute atomic E-state index is 11.7. The van der Waals surface area contributed by atoms with Gasteiger partial charge in [0, 0.05) is 7.11 Å². The van der Waals surface area contributed by atoms with E-state index in [9.17, 15) is 4.79 Å². The molecule has 1 atom stereocenters. The highest BCUT2D eigenvalue weighted by Crippen LogP contribution is 2.40. The number of nitrogens with zero attached hydrogens (tertiary/aromatic N) is 1. The molecule has 0 aromatic carbocycles. The van der Waals surface area contributed by atoms with Gasteiger partial charge in [0.25, 0.3) is 5.91 Å². The zero-order valence-electron chi connectivity index (χ0n) is 9.17. The number of carbonyl (C=O) groups excluding carboxylic acids is 1. The van der Waals surface area contributed by atoms with Crippen molar-refractivity contribution >= 4 is 11.9 Å². The van der Waals surface area contributed by atoms with E-state index < -0.39 is 5.54 Å². The van der Waals surface area contributed by atoms with Gasteiger partial charge in [-0.1, -0.05) is 0 Å². The van der Waals surface area contributed by atoms with Crippen molar-refractivity contribution in [2.75, 3.05) is 20.3 Å². The number of hydrogen-bond donors (Lipinski definition) is 2. The van der Waals surface area contributed by atoms with E-state index in [1.165, 1.54) is 0 Å². The lowest BCUT2D eigenvalue weighted by atomic mass is 9.97. The van der Waals surface area contributed by atoms with Crippen LogP contribution in [0.4, 0.5) is 0 Å². The van der Waals surface area contributed by atoms with E-state index in [0.29, 0.717) is 25.0 Å². The van der Waals surface area contributed by atoms with E-state index in [1.807, 2.05) is 6.92 Å². The summed E-state index contributed by atoms with van der Waals surface area (Å²) in [5.41, 5.74) is -0.439. The maximum atomic E-state index is 11.7. The summed E-state index contributed by atoms with van der Waals surface area (Å²) in [6, 6.07) is 0. The number of nitrogens with one attached hydrogen (secondary N) is 2. The Hall–Kier alpha value is -1.10. The van der Waals surface area contributed by atoms with Gasteiger partial charge in [-0.2, -0.15) is 0 Å². The first-order valence-electron chi connectivity index (χ1n) is 5.30. The molecule has 2 aliphatic rings. The van der Waals surface area contributed by atoms with Gasteiger partial charge in [-0.05, 0) is 25.7 Å². The van der Waals surface area contributed by atoms with Crippen LogP contribution in [0.3, 0.4) is 0 Å². The Kier molecular flexibility index (Phi) is 2.65. The number of carbonyl (C=O) groups is 1. The number of methoxy groups -OCH3 is 1. The van der Waals surface area contributed by atoms with Gasteiger partial charge < -0.3 is 10.1 Å². The number of ether oxygens (including phenoxy) is 1. The molecule has 5 heteroatoms. The van der Waals surface area contributed by atoms with Crippen LogP contribution in [-0.2, 0) is 9.53 Å². The molecule has 1 unspecified atom stereocenters. The van der Waals surface area contributed by atoms with Crippen molar-refractivity contribution in [1.82, 2.24) is 10.6 Å². The van der Waals surface area contributed by atoms with E-state index in [2.05, 4.69) is 15.6 Å². The zero-order chi connectivity index (χ0) is 10.9. The lowest BCUT2D eigenvalue weighted by Crippen LogP contribution is -2.45. The minimum absolute atomic E-state index is 0.0427. The molecule has 0 radical (unpaired) electrons. The predicted molar refractivity (Wildman–Crippen MR) is 56.6 cm³/mol. The highest BCUT2D eigenvalue weighted by molar-refractivity contribution is 6.09. The fourth-order valence-electron chi connectivity index (χ4n) is 1.85. The van der Waals surface area contributed by atoms with Crippen LogP contribution in [0.5, 0.6) is 0 Å². The van der Waals surface area contributed by atoms with Gasteiger partial charge in [0.2, 0.25) is 0 Å². The molecule has 1 aliphatic carbocycles. The molecule has 0 aromatic rings. The molecule has 5 nitrogen and oxygen atoms in total. The van der Waals surface area contributed by atoms with Crippen molar-refractivity contribution in [2.24, 2.45) is 10.9 Å². The first-order valence-corrected chi connectivity index (χ1v) is 5.30. The molecular weight excluding hydrogens is 194 g/mol. The summed E-state index contributed by atoms with van der Waals surface area (Å²) < 4.78 is 4.89. The molecule has 0 bridgehead atoms. The second-order valence-electron chi connectivity index (χ2n) is 4.28. The fraction of sp³-hybridized carbons (Fsp3) is 0.800. The standard InChI is InChI=1S/C10H17N3O2/c1-10(7-3-4-7)8(14)12-9(13-10)11-5-6-15-2/h7H,3-6H2,1-2H3,(H2,11,12,13,14). The fourth-order valence-corrected chi connectivity index (χ4v) is 1.85. The summed E-state index contributed by atoms with van der Waals surface area (Å²) in [7, 11) is 1.63. The molecule has 1 saturated heterocycles. The smallest absolute Gasteiger partial charge is 0.252 e. The molecular formula is C10H17N3O2. The third kappa shape index (κ3) is 1.97. The summed E-state index contributed by atoms with van der Waals surface area (Å²) in [6.07, 6.45) is 2.25. The Labute approximate surface area is 89.3 Å². The lowest BCUT2D eigenvalue weighted by molar-refractivity contribution is -0.124. The number of amides is 1. The van der Waals surface area contributed by atoms with Gasteiger partial charge in [-0.25, -0.2) is 0 Å². The normalized spacial score (nSPS) is 32.9. The average Bonchev–Trinajstić information content (AvgIpc) is 2.97. The van der Waals surface area contributed by atoms with Crippen LogP contribution in [0.15, 0.2) is 4.99 Å². The Morgan fingerprint density at radius 1 is 1.60 bits per heavy atom. The average molecular weight is 211 g/mol. The first-order chi connectivity index (χ1) is 7.16. The molecule has 2 rings (SSSR count). The molecule has 2 fully saturated rings. The van der Waals surface area contributed by atoms with E-state index in [0.717, 1.165) is 12.8 Å². The van der Waals surface area contributed by atoms with Gasteiger partial charge in [-0.15, -0.1) is 0 Å². The highest BCUT2D eigenvalue weighted by Gasteiger charge is 2.51. The minimum Gasteiger partial charge on any atom is -0.383 e. The van der Waals surface area contributed by atoms with Crippen LogP contribution in [0.1, 0.15) is 19.8 Å². The van der Waals surface area contributed by atoms with Crippen molar-refractivity contribution in [3.63, 3.8) is 0 Å². The number of hydrogen-bond acceptors (Lipinski definition) is 3. The predicted octanol–water partition coefficient (Wildman–Crippen LogP) is -0.123. The number of rotatable bonds is 4. The van der Waals surface area contributed by atoms with E-state index in [4.69, 9.17) is 4.74 Å². The second kappa shape index (κ2) is 3.81. The first kappa shape index (κ1) is 10.4. The Morgan fingerprint density at radius 2 is 2.33 bits per heavy atom. The van der Waals surface area contributed by atoms with E-state index in [1.54, 1.807) is 7.11 Å². The second-order valence-corrected chi connectivity index (χ2v) is 4.28. The monoisotopic (exact) mass is 211 g/mol. The quantitative estimate of drug-likeness (QED) is 0.637. The van der Waals surface area contributed by atoms with Crippen LogP contribution in [-0.4, -0.2) is 37.7 Å². The van der Waals surface area contributed by atoms with Gasteiger partial charge >= 0.3 is 0 Å². The van der Waals surface area contributed by atoms with Crippen molar-refractivity contribution in [1.29, 1.82) is 0 Å². The third-order valence-electron chi connectivity index (χ3n) is 3.04. The van der Waals surface area contributed by atoms with Gasteiger partial charge in [0.05, 0.1) is 13.2 Å². The molecule has 0 aromatic heterocycles. The van der Waals surface area contributed by atoms with Crippen molar-refractivity contribution in [3.8, 4) is 0 Å². The van der Waals surface area contributed by atoms with Crippen LogP contribution < -0.4 is 10.6 Å². The molecule has 2 N–H and O–H groups in total. The van der Waals surface area contributed by atoms with E-state index >= 15 is 0 Å². The van der Waals surface area contributed by atoms with Crippen molar-refractivity contribution < 1.29 is 9.53 Å². The summed E-state index contributed by atoms with van der Waals surface area (Å²) >= 11 is 0. The number of aliphatic imine (C=N–C) groups is 1. The van der Waals surface area contributed by atoms with Crippen molar-refractivity contribution in [3.05, 3.63) is 0 Å². The summed E-state index contributed by atoms with van der Waals surface area (Å²) in [5.74, 6) is 1.10. The molecule has 1 aliphatic heterocycles. The minimum atomic E-state index is -0.439.